The Bertz CT molecular complexity index is 409. The van der Waals surface area contributed by atoms with Crippen molar-refractivity contribution < 1.29 is 19.4 Å². The van der Waals surface area contributed by atoms with Gasteiger partial charge >= 0.3 is 5.97 Å². The number of carboxylic acid groups (broad SMARTS) is 1. The van der Waals surface area contributed by atoms with E-state index in [1.165, 1.54) is 0 Å². The van der Waals surface area contributed by atoms with Crippen molar-refractivity contribution in [3.05, 3.63) is 29.3 Å². The molecule has 4 heteroatoms. The molecule has 0 aromatic heterocycles. The zero-order valence-corrected chi connectivity index (χ0v) is 9.32. The minimum absolute atomic E-state index is 0.390. The number of hydrogen-bond acceptors (Lipinski definition) is 3. The lowest BCUT2D eigenvalue weighted by atomic mass is 10.1. The van der Waals surface area contributed by atoms with Crippen LogP contribution in [0.25, 0.3) is 0 Å². The maximum atomic E-state index is 11.5. The summed E-state index contributed by atoms with van der Waals surface area (Å²) in [5, 5.41) is 8.51. The first kappa shape index (κ1) is 12.2. The Kier molecular flexibility index (Phi) is 4.05. The first-order chi connectivity index (χ1) is 7.54. The Morgan fingerprint density at radius 3 is 2.56 bits per heavy atom. The summed E-state index contributed by atoms with van der Waals surface area (Å²) in [7, 11) is 0. The van der Waals surface area contributed by atoms with Crippen LogP contribution in [-0.4, -0.2) is 23.5 Å². The molecule has 0 saturated heterocycles. The largest absolute Gasteiger partial charge is 0.494 e. The highest BCUT2D eigenvalue weighted by atomic mass is 16.5. The topological polar surface area (TPSA) is 63.6 Å². The lowest BCUT2D eigenvalue weighted by Gasteiger charge is -2.07. The van der Waals surface area contributed by atoms with Crippen LogP contribution in [0.5, 0.6) is 5.75 Å². The predicted octanol–water partition coefficient (Wildman–Crippen LogP) is 2.05. The molecule has 1 N–H and O–H groups in total. The van der Waals surface area contributed by atoms with E-state index >= 15 is 0 Å². The number of ketones is 1. The summed E-state index contributed by atoms with van der Waals surface area (Å²) in [4.78, 5) is 21.8. The lowest BCUT2D eigenvalue weighted by molar-refractivity contribution is -0.135. The van der Waals surface area contributed by atoms with Crippen molar-refractivity contribution >= 4 is 11.8 Å². The standard InChI is InChI=1S/C12H14O4/c1-3-16-11-5-4-9(6-8(11)2)10(13)7-12(14)15/h4-6H,3,7H2,1-2H3,(H,14,15). The van der Waals surface area contributed by atoms with Gasteiger partial charge in [-0.05, 0) is 37.6 Å². The number of hydrogen-bond donors (Lipinski definition) is 1. The molecule has 0 aliphatic heterocycles. The van der Waals surface area contributed by atoms with Gasteiger partial charge in [0, 0.05) is 5.56 Å². The van der Waals surface area contributed by atoms with Crippen LogP contribution < -0.4 is 4.74 Å². The van der Waals surface area contributed by atoms with Crippen molar-refractivity contribution in [1.82, 2.24) is 0 Å². The SMILES string of the molecule is CCOc1ccc(C(=O)CC(=O)O)cc1C. The maximum Gasteiger partial charge on any atom is 0.311 e. The van der Waals surface area contributed by atoms with Crippen molar-refractivity contribution in [2.45, 2.75) is 20.3 Å². The van der Waals surface area contributed by atoms with E-state index in [0.717, 1.165) is 11.3 Å². The first-order valence-electron chi connectivity index (χ1n) is 5.03. The van der Waals surface area contributed by atoms with E-state index in [2.05, 4.69) is 0 Å². The average molecular weight is 222 g/mol. The summed E-state index contributed by atoms with van der Waals surface area (Å²) in [6, 6.07) is 4.92. The fraction of sp³-hybridized carbons (Fsp3) is 0.333. The third-order valence-electron chi connectivity index (χ3n) is 2.11. The highest BCUT2D eigenvalue weighted by molar-refractivity contribution is 6.05. The number of carbonyl (C=O) groups excluding carboxylic acids is 1. The molecule has 0 spiro atoms. The van der Waals surface area contributed by atoms with Gasteiger partial charge in [0.25, 0.3) is 0 Å². The Morgan fingerprint density at radius 1 is 1.38 bits per heavy atom. The van der Waals surface area contributed by atoms with Crippen molar-refractivity contribution in [2.75, 3.05) is 6.61 Å². The van der Waals surface area contributed by atoms with Gasteiger partial charge in [-0.25, -0.2) is 0 Å². The zero-order valence-electron chi connectivity index (χ0n) is 9.32. The second kappa shape index (κ2) is 5.30. The molecule has 1 aromatic rings. The summed E-state index contributed by atoms with van der Waals surface area (Å²) in [5.74, 6) is -0.787. The summed E-state index contributed by atoms with van der Waals surface area (Å²) < 4.78 is 5.32. The fourth-order valence-corrected chi connectivity index (χ4v) is 1.38. The van der Waals surface area contributed by atoms with Gasteiger partial charge in [-0.3, -0.25) is 9.59 Å². The van der Waals surface area contributed by atoms with Gasteiger partial charge in [0.15, 0.2) is 5.78 Å². The molecule has 0 amide bonds. The molecule has 0 atom stereocenters. The van der Waals surface area contributed by atoms with Gasteiger partial charge in [-0.2, -0.15) is 0 Å². The quantitative estimate of drug-likeness (QED) is 0.611. The Morgan fingerprint density at radius 2 is 2.06 bits per heavy atom. The zero-order chi connectivity index (χ0) is 12.1. The molecule has 0 radical (unpaired) electrons. The summed E-state index contributed by atoms with van der Waals surface area (Å²) in [6.45, 7) is 4.26. The van der Waals surface area contributed by atoms with Gasteiger partial charge in [-0.15, -0.1) is 0 Å². The van der Waals surface area contributed by atoms with Crippen LogP contribution >= 0.6 is 0 Å². The molecule has 4 nitrogen and oxygen atoms in total. The number of carbonyl (C=O) groups is 2. The van der Waals surface area contributed by atoms with E-state index in [9.17, 15) is 9.59 Å². The van der Waals surface area contributed by atoms with Crippen LogP contribution in [0.3, 0.4) is 0 Å². The number of rotatable bonds is 5. The van der Waals surface area contributed by atoms with E-state index < -0.39 is 18.2 Å². The number of aliphatic carboxylic acids is 1. The van der Waals surface area contributed by atoms with Crippen LogP contribution in [-0.2, 0) is 4.79 Å². The molecule has 0 fully saturated rings. The van der Waals surface area contributed by atoms with E-state index in [1.807, 2.05) is 13.8 Å². The van der Waals surface area contributed by atoms with Gasteiger partial charge in [0.05, 0.1) is 6.61 Å². The van der Waals surface area contributed by atoms with E-state index in [1.54, 1.807) is 18.2 Å². The summed E-state index contributed by atoms with van der Waals surface area (Å²) in [5.41, 5.74) is 1.24. The number of aryl methyl sites for hydroxylation is 1. The fourth-order valence-electron chi connectivity index (χ4n) is 1.38. The number of ether oxygens (including phenoxy) is 1. The van der Waals surface area contributed by atoms with Gasteiger partial charge in [0.1, 0.15) is 12.2 Å². The third-order valence-corrected chi connectivity index (χ3v) is 2.11. The van der Waals surface area contributed by atoms with E-state index in [0.29, 0.717) is 12.2 Å². The second-order valence-corrected chi connectivity index (χ2v) is 3.41. The maximum absolute atomic E-state index is 11.5. The monoisotopic (exact) mass is 222 g/mol. The molecule has 0 unspecified atom stereocenters. The normalized spacial score (nSPS) is 9.88. The molecule has 1 rings (SSSR count). The van der Waals surface area contributed by atoms with Crippen molar-refractivity contribution in [3.8, 4) is 5.75 Å². The number of carboxylic acids is 1. The van der Waals surface area contributed by atoms with Gasteiger partial charge in [0.2, 0.25) is 0 Å². The molecule has 0 saturated carbocycles. The van der Waals surface area contributed by atoms with Crippen molar-refractivity contribution in [2.24, 2.45) is 0 Å². The number of Topliss-reactive ketones (excluding diaryl/α,β-unsaturated/α-hetero) is 1. The molecule has 0 aliphatic rings. The highest BCUT2D eigenvalue weighted by Crippen LogP contribution is 2.19. The molecule has 16 heavy (non-hydrogen) atoms. The Balaban J connectivity index is 2.88. The molecule has 86 valence electrons. The average Bonchev–Trinajstić information content (AvgIpc) is 2.20. The van der Waals surface area contributed by atoms with Crippen LogP contribution in [0.4, 0.5) is 0 Å². The lowest BCUT2D eigenvalue weighted by Crippen LogP contribution is -2.07. The molecular formula is C12H14O4. The molecular weight excluding hydrogens is 208 g/mol. The Hall–Kier alpha value is -1.84. The smallest absolute Gasteiger partial charge is 0.311 e. The third kappa shape index (κ3) is 3.08. The number of benzene rings is 1. The minimum Gasteiger partial charge on any atom is -0.494 e. The van der Waals surface area contributed by atoms with E-state index in [-0.39, 0.29) is 0 Å². The van der Waals surface area contributed by atoms with Crippen LogP contribution in [0, 0.1) is 6.92 Å². The van der Waals surface area contributed by atoms with Crippen molar-refractivity contribution in [1.29, 1.82) is 0 Å². The van der Waals surface area contributed by atoms with E-state index in [4.69, 9.17) is 9.84 Å². The highest BCUT2D eigenvalue weighted by Gasteiger charge is 2.11. The van der Waals surface area contributed by atoms with Gasteiger partial charge in [-0.1, -0.05) is 0 Å². The first-order valence-corrected chi connectivity index (χ1v) is 5.03. The minimum atomic E-state index is -1.11. The molecule has 0 heterocycles. The van der Waals surface area contributed by atoms with Crippen molar-refractivity contribution in [3.63, 3.8) is 0 Å². The predicted molar refractivity (Wildman–Crippen MR) is 58.9 cm³/mol. The van der Waals surface area contributed by atoms with Gasteiger partial charge < -0.3 is 9.84 Å². The summed E-state index contributed by atoms with van der Waals surface area (Å²) >= 11 is 0. The molecule has 0 bridgehead atoms. The molecule has 1 aromatic carbocycles. The Labute approximate surface area is 93.9 Å². The van der Waals surface area contributed by atoms with Crippen LogP contribution in [0.1, 0.15) is 29.3 Å². The van der Waals surface area contributed by atoms with Crippen LogP contribution in [0.2, 0.25) is 0 Å². The molecule has 0 aliphatic carbocycles. The second-order valence-electron chi connectivity index (χ2n) is 3.41. The van der Waals surface area contributed by atoms with Crippen LogP contribution in [0.15, 0.2) is 18.2 Å². The summed E-state index contributed by atoms with van der Waals surface area (Å²) in [6.07, 6.45) is -0.479.